The number of hydrogen-bond donors (Lipinski definition) is 3. The first-order chi connectivity index (χ1) is 11.5. The molecule has 0 unspecified atom stereocenters. The molecule has 0 aliphatic carbocycles. The summed E-state index contributed by atoms with van der Waals surface area (Å²) in [5.41, 5.74) is 6.27. The smallest absolute Gasteiger partial charge is 0.275 e. The second-order valence-corrected chi connectivity index (χ2v) is 6.07. The molecule has 1 aliphatic heterocycles. The van der Waals surface area contributed by atoms with E-state index in [0.717, 1.165) is 31.5 Å². The minimum atomic E-state index is -0.230. The lowest BCUT2D eigenvalue weighted by atomic mass is 9.96. The number of carbonyl (C=O) groups is 2. The Morgan fingerprint density at radius 2 is 1.88 bits per heavy atom. The van der Waals surface area contributed by atoms with Crippen molar-refractivity contribution in [1.29, 1.82) is 0 Å². The third-order valence-electron chi connectivity index (χ3n) is 4.44. The van der Waals surface area contributed by atoms with Gasteiger partial charge in [0.25, 0.3) is 5.91 Å². The van der Waals surface area contributed by atoms with Gasteiger partial charge in [-0.05, 0) is 17.7 Å². The molecule has 0 radical (unpaired) electrons. The van der Waals surface area contributed by atoms with Crippen LogP contribution in [0.25, 0.3) is 0 Å². The van der Waals surface area contributed by atoms with E-state index in [1.807, 2.05) is 18.2 Å². The topological polar surface area (TPSA) is 95.1 Å². The van der Waals surface area contributed by atoms with Gasteiger partial charge < -0.3 is 25.4 Å². The standard InChI is InChI=1S/C17H25N3O4/c1-23-14-4-3-12(9-15(14)24-2)10-19-16(21)11-20-7-5-13(6-8-20)17(18)22/h3-4,9,13H,5-8,10-11H2,1-2H3,(H2,18,22)(H,19,21)/p+1. The number of methoxy groups -OCH3 is 2. The molecule has 0 spiro atoms. The number of amides is 2. The number of likely N-dealkylation sites (tertiary alicyclic amines) is 1. The molecule has 1 saturated heterocycles. The van der Waals surface area contributed by atoms with Crippen LogP contribution in [0.2, 0.25) is 0 Å². The molecule has 1 aromatic rings. The molecule has 0 aromatic heterocycles. The first-order valence-electron chi connectivity index (χ1n) is 8.14. The van der Waals surface area contributed by atoms with Gasteiger partial charge in [0.1, 0.15) is 0 Å². The van der Waals surface area contributed by atoms with E-state index in [0.29, 0.717) is 24.6 Å². The molecule has 2 amide bonds. The Morgan fingerprint density at radius 3 is 2.46 bits per heavy atom. The van der Waals surface area contributed by atoms with E-state index in [4.69, 9.17) is 15.2 Å². The van der Waals surface area contributed by atoms with Crippen molar-refractivity contribution in [2.75, 3.05) is 33.9 Å². The molecule has 1 aliphatic rings. The lowest BCUT2D eigenvalue weighted by Gasteiger charge is -2.27. The molecular formula is C17H26N3O4+. The molecular weight excluding hydrogens is 310 g/mol. The SMILES string of the molecule is COc1ccc(CNC(=O)C[NH+]2CCC(C(N)=O)CC2)cc1OC. The number of ether oxygens (including phenoxy) is 2. The van der Waals surface area contributed by atoms with Crippen LogP contribution in [0.5, 0.6) is 11.5 Å². The summed E-state index contributed by atoms with van der Waals surface area (Å²) in [5.74, 6) is 1.03. The average molecular weight is 336 g/mol. The van der Waals surface area contributed by atoms with Crippen molar-refractivity contribution in [1.82, 2.24) is 5.32 Å². The summed E-state index contributed by atoms with van der Waals surface area (Å²) in [5, 5.41) is 2.92. The van der Waals surface area contributed by atoms with Crippen LogP contribution in [0.3, 0.4) is 0 Å². The Hall–Kier alpha value is -2.28. The summed E-state index contributed by atoms with van der Waals surface area (Å²) in [4.78, 5) is 24.4. The quantitative estimate of drug-likeness (QED) is 0.601. The van der Waals surface area contributed by atoms with Crippen LogP contribution in [0.4, 0.5) is 0 Å². The van der Waals surface area contributed by atoms with Crippen LogP contribution in [0.15, 0.2) is 18.2 Å². The van der Waals surface area contributed by atoms with E-state index in [1.165, 1.54) is 4.90 Å². The first-order valence-corrected chi connectivity index (χ1v) is 8.14. The fourth-order valence-electron chi connectivity index (χ4n) is 2.97. The number of nitrogens with two attached hydrogens (primary N) is 1. The van der Waals surface area contributed by atoms with Gasteiger partial charge in [-0.2, -0.15) is 0 Å². The van der Waals surface area contributed by atoms with Gasteiger partial charge in [0.2, 0.25) is 5.91 Å². The Morgan fingerprint density at radius 1 is 1.21 bits per heavy atom. The molecule has 7 heteroatoms. The predicted molar refractivity (Wildman–Crippen MR) is 88.9 cm³/mol. The zero-order chi connectivity index (χ0) is 17.5. The maximum atomic E-state index is 12.1. The second-order valence-electron chi connectivity index (χ2n) is 6.07. The molecule has 2 rings (SSSR count). The molecule has 0 saturated carbocycles. The Balaban J connectivity index is 1.78. The number of rotatable bonds is 7. The molecule has 0 atom stereocenters. The van der Waals surface area contributed by atoms with Crippen LogP contribution in [-0.2, 0) is 16.1 Å². The van der Waals surface area contributed by atoms with Gasteiger partial charge in [-0.25, -0.2) is 0 Å². The van der Waals surface area contributed by atoms with Gasteiger partial charge in [0.15, 0.2) is 18.0 Å². The van der Waals surface area contributed by atoms with E-state index in [9.17, 15) is 9.59 Å². The minimum absolute atomic E-state index is 0.00249. The first kappa shape index (κ1) is 18.1. The molecule has 132 valence electrons. The van der Waals surface area contributed by atoms with Gasteiger partial charge in [0.05, 0.1) is 27.3 Å². The molecule has 1 fully saturated rings. The number of hydrogen-bond acceptors (Lipinski definition) is 4. The van der Waals surface area contributed by atoms with Crippen LogP contribution in [-0.4, -0.2) is 45.7 Å². The Kier molecular flexibility index (Phi) is 6.43. The third kappa shape index (κ3) is 4.86. The highest BCUT2D eigenvalue weighted by Crippen LogP contribution is 2.27. The number of nitrogens with one attached hydrogen (secondary N) is 2. The van der Waals surface area contributed by atoms with Crippen molar-refractivity contribution >= 4 is 11.8 Å². The van der Waals surface area contributed by atoms with Gasteiger partial charge in [0, 0.05) is 25.3 Å². The van der Waals surface area contributed by atoms with E-state index in [2.05, 4.69) is 5.32 Å². The van der Waals surface area contributed by atoms with Gasteiger partial charge >= 0.3 is 0 Å². The van der Waals surface area contributed by atoms with E-state index < -0.39 is 0 Å². The number of piperidine rings is 1. The van der Waals surface area contributed by atoms with Crippen molar-refractivity contribution in [2.24, 2.45) is 11.7 Å². The summed E-state index contributed by atoms with van der Waals surface area (Å²) in [6.07, 6.45) is 1.52. The third-order valence-corrected chi connectivity index (χ3v) is 4.44. The average Bonchev–Trinajstić information content (AvgIpc) is 2.60. The molecule has 4 N–H and O–H groups in total. The lowest BCUT2D eigenvalue weighted by molar-refractivity contribution is -0.897. The summed E-state index contributed by atoms with van der Waals surface area (Å²) in [6, 6.07) is 5.57. The van der Waals surface area contributed by atoms with Gasteiger partial charge in [-0.15, -0.1) is 0 Å². The van der Waals surface area contributed by atoms with Crippen LogP contribution < -0.4 is 25.4 Å². The van der Waals surface area contributed by atoms with E-state index >= 15 is 0 Å². The molecule has 1 aromatic carbocycles. The van der Waals surface area contributed by atoms with Crippen molar-refractivity contribution in [3.05, 3.63) is 23.8 Å². The zero-order valence-corrected chi connectivity index (χ0v) is 14.3. The minimum Gasteiger partial charge on any atom is -0.493 e. The summed E-state index contributed by atoms with van der Waals surface area (Å²) >= 11 is 0. The number of primary amides is 1. The van der Waals surface area contributed by atoms with Gasteiger partial charge in [-0.3, -0.25) is 9.59 Å². The molecule has 24 heavy (non-hydrogen) atoms. The highest BCUT2D eigenvalue weighted by atomic mass is 16.5. The highest BCUT2D eigenvalue weighted by molar-refractivity contribution is 5.77. The van der Waals surface area contributed by atoms with E-state index in [1.54, 1.807) is 14.2 Å². The molecule has 0 bridgehead atoms. The fraction of sp³-hybridized carbons (Fsp3) is 0.529. The van der Waals surface area contributed by atoms with Crippen molar-refractivity contribution in [3.8, 4) is 11.5 Å². The fourth-order valence-corrected chi connectivity index (χ4v) is 2.97. The summed E-state index contributed by atoms with van der Waals surface area (Å²) in [6.45, 7) is 2.46. The van der Waals surface area contributed by atoms with Crippen LogP contribution in [0.1, 0.15) is 18.4 Å². The molecule has 1 heterocycles. The van der Waals surface area contributed by atoms with Crippen molar-refractivity contribution < 1.29 is 24.0 Å². The Labute approximate surface area is 142 Å². The Bertz CT molecular complexity index is 583. The monoisotopic (exact) mass is 336 g/mol. The number of benzene rings is 1. The lowest BCUT2D eigenvalue weighted by Crippen LogP contribution is -3.14. The maximum Gasteiger partial charge on any atom is 0.275 e. The summed E-state index contributed by atoms with van der Waals surface area (Å²) < 4.78 is 10.4. The van der Waals surface area contributed by atoms with Crippen molar-refractivity contribution in [2.45, 2.75) is 19.4 Å². The predicted octanol–water partition coefficient (Wildman–Crippen LogP) is -0.900. The number of quaternary nitrogens is 1. The summed E-state index contributed by atoms with van der Waals surface area (Å²) in [7, 11) is 3.17. The van der Waals surface area contributed by atoms with Crippen LogP contribution >= 0.6 is 0 Å². The largest absolute Gasteiger partial charge is 0.493 e. The number of carbonyl (C=O) groups excluding carboxylic acids is 2. The highest BCUT2D eigenvalue weighted by Gasteiger charge is 2.26. The van der Waals surface area contributed by atoms with E-state index in [-0.39, 0.29) is 17.7 Å². The normalized spacial score (nSPS) is 20.2. The van der Waals surface area contributed by atoms with Crippen molar-refractivity contribution in [3.63, 3.8) is 0 Å². The van der Waals surface area contributed by atoms with Crippen LogP contribution in [0, 0.1) is 5.92 Å². The van der Waals surface area contributed by atoms with Gasteiger partial charge in [-0.1, -0.05) is 6.07 Å². The zero-order valence-electron chi connectivity index (χ0n) is 14.3. The maximum absolute atomic E-state index is 12.1. The second kappa shape index (κ2) is 8.54. The molecule has 7 nitrogen and oxygen atoms in total.